The molecule has 5 nitrogen and oxygen atoms in total. The predicted octanol–water partition coefficient (Wildman–Crippen LogP) is 1.24. The second-order valence-corrected chi connectivity index (χ2v) is 5.18. The molecule has 0 aromatic heterocycles. The first kappa shape index (κ1) is 14.5. The zero-order valence-corrected chi connectivity index (χ0v) is 11.6. The van der Waals surface area contributed by atoms with Gasteiger partial charge in [-0.2, -0.15) is 0 Å². The minimum atomic E-state index is -1.01. The number of aliphatic carboxylic acids is 1. The van der Waals surface area contributed by atoms with Crippen LogP contribution in [0.25, 0.3) is 0 Å². The van der Waals surface area contributed by atoms with Crippen LogP contribution < -0.4 is 5.32 Å². The summed E-state index contributed by atoms with van der Waals surface area (Å²) in [4.78, 5) is 25.0. The second-order valence-electron chi connectivity index (χ2n) is 5.18. The molecule has 1 amide bonds. The number of benzene rings is 1. The lowest BCUT2D eigenvalue weighted by atomic mass is 10.1. The van der Waals surface area contributed by atoms with E-state index in [1.807, 2.05) is 30.3 Å². The summed E-state index contributed by atoms with van der Waals surface area (Å²) in [6.45, 7) is 3.07. The molecule has 1 aliphatic heterocycles. The molecule has 0 bridgehead atoms. The summed E-state index contributed by atoms with van der Waals surface area (Å²) in [5.41, 5.74) is 1.17. The molecule has 5 heteroatoms. The van der Waals surface area contributed by atoms with Gasteiger partial charge in [0, 0.05) is 6.54 Å². The van der Waals surface area contributed by atoms with Gasteiger partial charge in [-0.05, 0) is 31.9 Å². The van der Waals surface area contributed by atoms with E-state index in [0.717, 1.165) is 25.9 Å². The Morgan fingerprint density at radius 1 is 1.40 bits per heavy atom. The molecule has 1 fully saturated rings. The smallest absolute Gasteiger partial charge is 0.325 e. The van der Waals surface area contributed by atoms with E-state index in [1.165, 1.54) is 12.5 Å². The Hall–Kier alpha value is -1.88. The fraction of sp³-hybridized carbons (Fsp3) is 0.467. The second kappa shape index (κ2) is 6.52. The molecule has 20 heavy (non-hydrogen) atoms. The Morgan fingerprint density at radius 2 is 2.10 bits per heavy atom. The number of carbonyl (C=O) groups is 2. The number of carbonyl (C=O) groups excluding carboxylic acids is 1. The molecular weight excluding hydrogens is 256 g/mol. The Labute approximate surface area is 118 Å². The number of hydrogen-bond donors (Lipinski definition) is 2. The summed E-state index contributed by atoms with van der Waals surface area (Å²) in [5, 5.41) is 11.4. The first-order valence-electron chi connectivity index (χ1n) is 6.89. The van der Waals surface area contributed by atoms with Crippen LogP contribution in [0.4, 0.5) is 0 Å². The molecule has 1 aromatic rings. The van der Waals surface area contributed by atoms with Gasteiger partial charge in [-0.1, -0.05) is 30.3 Å². The number of carboxylic acid groups (broad SMARTS) is 1. The van der Waals surface area contributed by atoms with E-state index >= 15 is 0 Å². The quantitative estimate of drug-likeness (QED) is 0.849. The van der Waals surface area contributed by atoms with E-state index in [9.17, 15) is 9.59 Å². The maximum absolute atomic E-state index is 12.1. The van der Waals surface area contributed by atoms with Crippen molar-refractivity contribution in [1.82, 2.24) is 10.2 Å². The molecular formula is C15H20N2O3. The minimum Gasteiger partial charge on any atom is -0.480 e. The number of carboxylic acids is 1. The SMILES string of the molecule is C[C@H](NC(=O)[C@H]1CCCN1Cc1ccccc1)C(=O)O. The summed E-state index contributed by atoms with van der Waals surface area (Å²) < 4.78 is 0. The van der Waals surface area contributed by atoms with Gasteiger partial charge >= 0.3 is 5.97 Å². The van der Waals surface area contributed by atoms with Gasteiger partial charge in [0.1, 0.15) is 6.04 Å². The summed E-state index contributed by atoms with van der Waals surface area (Å²) in [7, 11) is 0. The molecule has 0 saturated carbocycles. The van der Waals surface area contributed by atoms with Gasteiger partial charge in [-0.25, -0.2) is 0 Å². The van der Waals surface area contributed by atoms with Crippen molar-refractivity contribution >= 4 is 11.9 Å². The van der Waals surface area contributed by atoms with Crippen LogP contribution in [0.1, 0.15) is 25.3 Å². The largest absolute Gasteiger partial charge is 0.480 e. The molecule has 0 spiro atoms. The molecule has 0 unspecified atom stereocenters. The molecule has 0 radical (unpaired) electrons. The molecule has 2 rings (SSSR count). The third-order valence-electron chi connectivity index (χ3n) is 3.62. The monoisotopic (exact) mass is 276 g/mol. The highest BCUT2D eigenvalue weighted by molar-refractivity contribution is 5.86. The molecule has 2 N–H and O–H groups in total. The fourth-order valence-corrected chi connectivity index (χ4v) is 2.50. The maximum Gasteiger partial charge on any atom is 0.325 e. The van der Waals surface area contributed by atoms with Gasteiger partial charge in [-0.3, -0.25) is 14.5 Å². The number of likely N-dealkylation sites (tertiary alicyclic amines) is 1. The Morgan fingerprint density at radius 3 is 2.75 bits per heavy atom. The number of nitrogens with one attached hydrogen (secondary N) is 1. The molecule has 108 valence electrons. The minimum absolute atomic E-state index is 0.187. The van der Waals surface area contributed by atoms with Crippen LogP contribution >= 0.6 is 0 Å². The zero-order valence-electron chi connectivity index (χ0n) is 11.6. The normalized spacial score (nSPS) is 20.6. The van der Waals surface area contributed by atoms with Gasteiger partial charge in [0.05, 0.1) is 6.04 Å². The van der Waals surface area contributed by atoms with Crippen LogP contribution in [0.15, 0.2) is 30.3 Å². The van der Waals surface area contributed by atoms with Crippen molar-refractivity contribution in [2.45, 2.75) is 38.4 Å². The number of amides is 1. The summed E-state index contributed by atoms with van der Waals surface area (Å²) in [6.07, 6.45) is 1.75. The topological polar surface area (TPSA) is 69.6 Å². The molecule has 1 saturated heterocycles. The van der Waals surface area contributed by atoms with Crippen LogP contribution in [0.5, 0.6) is 0 Å². The highest BCUT2D eigenvalue weighted by Gasteiger charge is 2.31. The third kappa shape index (κ3) is 3.57. The third-order valence-corrected chi connectivity index (χ3v) is 3.62. The Balaban J connectivity index is 1.96. The first-order valence-corrected chi connectivity index (χ1v) is 6.89. The molecule has 0 aliphatic carbocycles. The lowest BCUT2D eigenvalue weighted by Crippen LogP contribution is -2.48. The van der Waals surface area contributed by atoms with Gasteiger partial charge in [0.15, 0.2) is 0 Å². The van der Waals surface area contributed by atoms with Crippen LogP contribution in [-0.2, 0) is 16.1 Å². The molecule has 1 aromatic carbocycles. The average molecular weight is 276 g/mol. The van der Waals surface area contributed by atoms with Gasteiger partial charge in [-0.15, -0.1) is 0 Å². The molecule has 2 atom stereocenters. The van der Waals surface area contributed by atoms with Gasteiger partial charge < -0.3 is 10.4 Å². The zero-order chi connectivity index (χ0) is 14.5. The van der Waals surface area contributed by atoms with Crippen molar-refractivity contribution < 1.29 is 14.7 Å². The number of rotatable bonds is 5. The van der Waals surface area contributed by atoms with Crippen LogP contribution in [0.2, 0.25) is 0 Å². The van der Waals surface area contributed by atoms with Crippen molar-refractivity contribution in [2.24, 2.45) is 0 Å². The van der Waals surface area contributed by atoms with E-state index in [-0.39, 0.29) is 11.9 Å². The maximum atomic E-state index is 12.1. The van der Waals surface area contributed by atoms with Crippen LogP contribution in [0, 0.1) is 0 Å². The number of hydrogen-bond acceptors (Lipinski definition) is 3. The van der Waals surface area contributed by atoms with Crippen molar-refractivity contribution in [3.05, 3.63) is 35.9 Å². The Bertz CT molecular complexity index is 475. The van der Waals surface area contributed by atoms with E-state index in [1.54, 1.807) is 0 Å². The highest BCUT2D eigenvalue weighted by Crippen LogP contribution is 2.20. The average Bonchev–Trinajstić information content (AvgIpc) is 2.88. The van der Waals surface area contributed by atoms with E-state index in [2.05, 4.69) is 10.2 Å². The lowest BCUT2D eigenvalue weighted by Gasteiger charge is -2.24. The van der Waals surface area contributed by atoms with Crippen molar-refractivity contribution in [3.8, 4) is 0 Å². The summed E-state index contributed by atoms with van der Waals surface area (Å²) in [5.74, 6) is -1.20. The van der Waals surface area contributed by atoms with Crippen LogP contribution in [-0.4, -0.2) is 40.5 Å². The molecule has 1 aliphatic rings. The molecule has 1 heterocycles. The van der Waals surface area contributed by atoms with E-state index in [4.69, 9.17) is 5.11 Å². The highest BCUT2D eigenvalue weighted by atomic mass is 16.4. The van der Waals surface area contributed by atoms with Gasteiger partial charge in [0.2, 0.25) is 5.91 Å². The summed E-state index contributed by atoms with van der Waals surface area (Å²) >= 11 is 0. The Kier molecular flexibility index (Phi) is 4.74. The lowest BCUT2D eigenvalue weighted by molar-refractivity contribution is -0.142. The van der Waals surface area contributed by atoms with Gasteiger partial charge in [0.25, 0.3) is 0 Å². The number of nitrogens with zero attached hydrogens (tertiary/aromatic N) is 1. The van der Waals surface area contributed by atoms with Crippen LogP contribution in [0.3, 0.4) is 0 Å². The fourth-order valence-electron chi connectivity index (χ4n) is 2.50. The van der Waals surface area contributed by atoms with E-state index in [0.29, 0.717) is 0 Å². The summed E-state index contributed by atoms with van der Waals surface area (Å²) in [6, 6.07) is 8.92. The standard InChI is InChI=1S/C15H20N2O3/c1-11(15(19)20)16-14(18)13-8-5-9-17(13)10-12-6-3-2-4-7-12/h2-4,6-7,11,13H,5,8-10H2,1H3,(H,16,18)(H,19,20)/t11-,13+/m0/s1. The predicted molar refractivity (Wildman–Crippen MR) is 75.1 cm³/mol. The first-order chi connectivity index (χ1) is 9.58. The van der Waals surface area contributed by atoms with E-state index < -0.39 is 12.0 Å². The van der Waals surface area contributed by atoms with Crippen molar-refractivity contribution in [3.63, 3.8) is 0 Å². The van der Waals surface area contributed by atoms with Crippen molar-refractivity contribution in [2.75, 3.05) is 6.54 Å². The van der Waals surface area contributed by atoms with Crippen molar-refractivity contribution in [1.29, 1.82) is 0 Å².